The normalized spacial score (nSPS) is 10.3. The van der Waals surface area contributed by atoms with Crippen LogP contribution in [0.2, 0.25) is 0 Å². The van der Waals surface area contributed by atoms with E-state index in [0.717, 1.165) is 22.8 Å². The van der Waals surface area contributed by atoms with Gasteiger partial charge in [0.25, 0.3) is 0 Å². The van der Waals surface area contributed by atoms with Gasteiger partial charge in [0.05, 0.1) is 18.6 Å². The van der Waals surface area contributed by atoms with E-state index in [2.05, 4.69) is 20.6 Å². The number of H-pyrrole nitrogens is 1. The molecule has 0 fully saturated rings. The second kappa shape index (κ2) is 6.72. The second-order valence-electron chi connectivity index (χ2n) is 4.39. The maximum atomic E-state index is 11.4. The Hall–Kier alpha value is -2.34. The standard InChI is InChI=1S/C14H18N4O2/c1-10-13(17-9-16-10)7-15-11-3-5-12(6-4-11)18-14(19)8-20-2/h3-6,9,15H,7-8H2,1-2H3,(H,16,17)(H,18,19). The van der Waals surface area contributed by atoms with Crippen molar-refractivity contribution < 1.29 is 9.53 Å². The molecule has 0 aliphatic rings. The Balaban J connectivity index is 1.88. The third kappa shape index (κ3) is 3.83. The zero-order valence-corrected chi connectivity index (χ0v) is 11.6. The van der Waals surface area contributed by atoms with Gasteiger partial charge in [-0.15, -0.1) is 0 Å². The highest BCUT2D eigenvalue weighted by atomic mass is 16.5. The van der Waals surface area contributed by atoms with E-state index in [0.29, 0.717) is 6.54 Å². The fourth-order valence-electron chi connectivity index (χ4n) is 1.75. The van der Waals surface area contributed by atoms with Crippen molar-refractivity contribution in [1.82, 2.24) is 9.97 Å². The first-order chi connectivity index (χ1) is 9.69. The molecule has 106 valence electrons. The number of amides is 1. The van der Waals surface area contributed by atoms with Gasteiger partial charge in [-0.3, -0.25) is 4.79 Å². The number of hydrogen-bond donors (Lipinski definition) is 3. The van der Waals surface area contributed by atoms with Gasteiger partial charge in [0.1, 0.15) is 6.61 Å². The lowest BCUT2D eigenvalue weighted by atomic mass is 10.2. The molecule has 6 heteroatoms. The molecule has 0 saturated carbocycles. The van der Waals surface area contributed by atoms with Gasteiger partial charge in [0, 0.05) is 24.2 Å². The molecular formula is C14H18N4O2. The predicted octanol–water partition coefficient (Wildman–Crippen LogP) is 1.92. The first-order valence-corrected chi connectivity index (χ1v) is 6.30. The second-order valence-corrected chi connectivity index (χ2v) is 4.39. The van der Waals surface area contributed by atoms with E-state index in [-0.39, 0.29) is 12.5 Å². The average Bonchev–Trinajstić information content (AvgIpc) is 2.84. The van der Waals surface area contributed by atoms with E-state index in [1.165, 1.54) is 7.11 Å². The zero-order valence-electron chi connectivity index (χ0n) is 11.6. The molecule has 2 aromatic rings. The number of methoxy groups -OCH3 is 1. The molecule has 0 aliphatic carbocycles. The average molecular weight is 274 g/mol. The highest BCUT2D eigenvalue weighted by Crippen LogP contribution is 2.14. The number of carbonyl (C=O) groups excluding carboxylic acids is 1. The SMILES string of the molecule is COCC(=O)Nc1ccc(NCc2nc[nH]c2C)cc1. The van der Waals surface area contributed by atoms with Crippen molar-refractivity contribution in [2.75, 3.05) is 24.4 Å². The molecule has 0 bridgehead atoms. The number of imidazole rings is 1. The molecule has 0 saturated heterocycles. The summed E-state index contributed by atoms with van der Waals surface area (Å²) in [5.74, 6) is -0.166. The molecule has 1 amide bonds. The van der Waals surface area contributed by atoms with Crippen LogP contribution < -0.4 is 10.6 Å². The number of nitrogens with one attached hydrogen (secondary N) is 3. The van der Waals surface area contributed by atoms with E-state index >= 15 is 0 Å². The van der Waals surface area contributed by atoms with E-state index in [9.17, 15) is 4.79 Å². The first-order valence-electron chi connectivity index (χ1n) is 6.30. The van der Waals surface area contributed by atoms with Crippen molar-refractivity contribution in [3.63, 3.8) is 0 Å². The molecule has 20 heavy (non-hydrogen) atoms. The van der Waals surface area contributed by atoms with Gasteiger partial charge in [-0.25, -0.2) is 4.98 Å². The highest BCUT2D eigenvalue weighted by molar-refractivity contribution is 5.91. The molecule has 3 N–H and O–H groups in total. The Morgan fingerprint density at radius 2 is 2.00 bits per heavy atom. The summed E-state index contributed by atoms with van der Waals surface area (Å²) < 4.78 is 4.76. The Labute approximate surface area is 117 Å². The molecule has 2 rings (SSSR count). The third-order valence-electron chi connectivity index (χ3n) is 2.84. The van der Waals surface area contributed by atoms with Gasteiger partial charge < -0.3 is 20.4 Å². The molecule has 0 aliphatic heterocycles. The van der Waals surface area contributed by atoms with Crippen molar-refractivity contribution in [2.45, 2.75) is 13.5 Å². The van der Waals surface area contributed by atoms with Crippen LogP contribution in [0, 0.1) is 6.92 Å². The van der Waals surface area contributed by atoms with Gasteiger partial charge >= 0.3 is 0 Å². The highest BCUT2D eigenvalue weighted by Gasteiger charge is 2.02. The summed E-state index contributed by atoms with van der Waals surface area (Å²) in [6.07, 6.45) is 1.68. The van der Waals surface area contributed by atoms with E-state index in [1.807, 2.05) is 31.2 Å². The molecule has 1 aromatic carbocycles. The summed E-state index contributed by atoms with van der Waals surface area (Å²) in [5, 5.41) is 6.01. The Bertz CT molecular complexity index is 563. The summed E-state index contributed by atoms with van der Waals surface area (Å²) in [6, 6.07) is 7.50. The minimum Gasteiger partial charge on any atom is -0.379 e. The van der Waals surface area contributed by atoms with Crippen molar-refractivity contribution in [3.8, 4) is 0 Å². The number of benzene rings is 1. The molecule has 1 aromatic heterocycles. The van der Waals surface area contributed by atoms with Gasteiger partial charge in [0.2, 0.25) is 5.91 Å². The van der Waals surface area contributed by atoms with Crippen LogP contribution in [0.3, 0.4) is 0 Å². The summed E-state index contributed by atoms with van der Waals surface area (Å²) in [7, 11) is 1.49. The minimum atomic E-state index is -0.166. The van der Waals surface area contributed by atoms with Crippen LogP contribution >= 0.6 is 0 Å². The number of aromatic nitrogens is 2. The van der Waals surface area contributed by atoms with Crippen molar-refractivity contribution in [1.29, 1.82) is 0 Å². The van der Waals surface area contributed by atoms with Gasteiger partial charge in [-0.1, -0.05) is 0 Å². The lowest BCUT2D eigenvalue weighted by Gasteiger charge is -2.08. The van der Waals surface area contributed by atoms with Gasteiger partial charge in [-0.2, -0.15) is 0 Å². The zero-order chi connectivity index (χ0) is 14.4. The number of hydrogen-bond acceptors (Lipinski definition) is 4. The van der Waals surface area contributed by atoms with Crippen LogP contribution in [0.1, 0.15) is 11.4 Å². The van der Waals surface area contributed by atoms with Gasteiger partial charge in [-0.05, 0) is 31.2 Å². The number of anilines is 2. The van der Waals surface area contributed by atoms with Crippen molar-refractivity contribution in [2.24, 2.45) is 0 Å². The number of aromatic amines is 1. The van der Waals surface area contributed by atoms with Crippen molar-refractivity contribution >= 4 is 17.3 Å². The predicted molar refractivity (Wildman–Crippen MR) is 77.6 cm³/mol. The quantitative estimate of drug-likeness (QED) is 0.752. The largest absolute Gasteiger partial charge is 0.379 e. The monoisotopic (exact) mass is 274 g/mol. The summed E-state index contributed by atoms with van der Waals surface area (Å²) >= 11 is 0. The molecule has 0 spiro atoms. The smallest absolute Gasteiger partial charge is 0.250 e. The van der Waals surface area contributed by atoms with Crippen LogP contribution in [-0.4, -0.2) is 29.6 Å². The third-order valence-corrected chi connectivity index (χ3v) is 2.84. The minimum absolute atomic E-state index is 0.0540. The summed E-state index contributed by atoms with van der Waals surface area (Å²) in [6.45, 7) is 2.70. The summed E-state index contributed by atoms with van der Waals surface area (Å²) in [5.41, 5.74) is 3.76. The first kappa shape index (κ1) is 14.1. The van der Waals surface area contributed by atoms with E-state index in [4.69, 9.17) is 4.74 Å². The topological polar surface area (TPSA) is 79.0 Å². The number of rotatable bonds is 6. The van der Waals surface area contributed by atoms with Crippen LogP contribution in [0.25, 0.3) is 0 Å². The number of aryl methyl sites for hydroxylation is 1. The maximum Gasteiger partial charge on any atom is 0.250 e. The number of nitrogens with zero attached hydrogens (tertiary/aromatic N) is 1. The number of carbonyl (C=O) groups is 1. The van der Waals surface area contributed by atoms with Gasteiger partial charge in [0.15, 0.2) is 0 Å². The van der Waals surface area contributed by atoms with E-state index < -0.39 is 0 Å². The Morgan fingerprint density at radius 1 is 1.30 bits per heavy atom. The maximum absolute atomic E-state index is 11.4. The van der Waals surface area contributed by atoms with Crippen LogP contribution in [-0.2, 0) is 16.1 Å². The fourth-order valence-corrected chi connectivity index (χ4v) is 1.75. The van der Waals surface area contributed by atoms with Crippen molar-refractivity contribution in [3.05, 3.63) is 42.0 Å². The molecule has 0 radical (unpaired) electrons. The fraction of sp³-hybridized carbons (Fsp3) is 0.286. The molecule has 6 nitrogen and oxygen atoms in total. The molecule has 1 heterocycles. The van der Waals surface area contributed by atoms with Crippen LogP contribution in [0.15, 0.2) is 30.6 Å². The van der Waals surface area contributed by atoms with Crippen LogP contribution in [0.4, 0.5) is 11.4 Å². The Kier molecular flexibility index (Phi) is 4.73. The summed E-state index contributed by atoms with van der Waals surface area (Å²) in [4.78, 5) is 18.6. The number of ether oxygens (including phenoxy) is 1. The Morgan fingerprint density at radius 3 is 2.60 bits per heavy atom. The van der Waals surface area contributed by atoms with E-state index in [1.54, 1.807) is 6.33 Å². The lowest BCUT2D eigenvalue weighted by molar-refractivity contribution is -0.119. The molecular weight excluding hydrogens is 256 g/mol. The lowest BCUT2D eigenvalue weighted by Crippen LogP contribution is -2.16. The molecule has 0 unspecified atom stereocenters. The van der Waals surface area contributed by atoms with Crippen LogP contribution in [0.5, 0.6) is 0 Å². The molecule has 0 atom stereocenters.